The Bertz CT molecular complexity index is 618. The van der Waals surface area contributed by atoms with Gasteiger partial charge in [-0.2, -0.15) is 0 Å². The van der Waals surface area contributed by atoms with Gasteiger partial charge < -0.3 is 5.32 Å². The van der Waals surface area contributed by atoms with E-state index in [-0.39, 0.29) is 17.0 Å². The zero-order chi connectivity index (χ0) is 14.6. The summed E-state index contributed by atoms with van der Waals surface area (Å²) in [5, 5.41) is 2.55. The molecular weight excluding hydrogens is 378 g/mol. The Morgan fingerprint density at radius 1 is 1.47 bits per heavy atom. The molecule has 1 aromatic carbocycles. The Labute approximate surface area is 126 Å². The third-order valence-electron chi connectivity index (χ3n) is 2.14. The van der Waals surface area contributed by atoms with Crippen molar-refractivity contribution in [1.29, 1.82) is 0 Å². The monoisotopic (exact) mass is 387 g/mol. The second-order valence-corrected chi connectivity index (χ2v) is 8.59. The average Bonchev–Trinajstić information content (AvgIpc) is 2.27. The maximum atomic E-state index is 11.8. The first-order chi connectivity index (χ1) is 8.71. The molecule has 1 atom stereocenters. The van der Waals surface area contributed by atoms with Gasteiger partial charge in [-0.1, -0.05) is 0 Å². The molecule has 1 aromatic rings. The number of halogens is 2. The van der Waals surface area contributed by atoms with E-state index in [1.54, 1.807) is 0 Å². The zero-order valence-electron chi connectivity index (χ0n) is 9.85. The quantitative estimate of drug-likeness (QED) is 0.775. The van der Waals surface area contributed by atoms with Gasteiger partial charge in [0, 0.05) is 44.5 Å². The highest BCUT2D eigenvalue weighted by molar-refractivity contribution is 9.10. The minimum atomic E-state index is -3.89. The molecule has 0 radical (unpaired) electrons. The Morgan fingerprint density at radius 3 is 2.63 bits per heavy atom. The Balaban J connectivity index is 2.93. The van der Waals surface area contributed by atoms with Gasteiger partial charge in [0.2, 0.25) is 0 Å². The molecule has 0 aromatic heterocycles. The molecule has 0 fully saturated rings. The molecule has 5 nitrogen and oxygen atoms in total. The van der Waals surface area contributed by atoms with Crippen LogP contribution in [0, 0.1) is 0 Å². The van der Waals surface area contributed by atoms with Crippen molar-refractivity contribution < 1.29 is 17.4 Å². The lowest BCUT2D eigenvalue weighted by Gasteiger charge is -2.07. The molecule has 0 saturated carbocycles. The second kappa shape index (κ2) is 6.83. The summed E-state index contributed by atoms with van der Waals surface area (Å²) in [6.07, 6.45) is 1.53. The van der Waals surface area contributed by atoms with Crippen molar-refractivity contribution in [2.45, 2.75) is 4.90 Å². The van der Waals surface area contributed by atoms with Crippen LogP contribution in [-0.2, 0) is 19.9 Å². The van der Waals surface area contributed by atoms with Crippen molar-refractivity contribution in [1.82, 2.24) is 5.32 Å². The van der Waals surface area contributed by atoms with Crippen LogP contribution in [0.15, 0.2) is 27.6 Å². The van der Waals surface area contributed by atoms with E-state index in [1.165, 1.54) is 24.5 Å². The van der Waals surface area contributed by atoms with Crippen molar-refractivity contribution >= 4 is 52.4 Å². The fourth-order valence-corrected chi connectivity index (χ4v) is 2.83. The summed E-state index contributed by atoms with van der Waals surface area (Å²) < 4.78 is 33.7. The average molecular weight is 389 g/mol. The summed E-state index contributed by atoms with van der Waals surface area (Å²) >= 11 is 3.16. The molecule has 106 valence electrons. The van der Waals surface area contributed by atoms with Crippen LogP contribution in [0.25, 0.3) is 0 Å². The molecule has 0 aliphatic rings. The maximum Gasteiger partial charge on any atom is 0.261 e. The van der Waals surface area contributed by atoms with Crippen LogP contribution in [0.4, 0.5) is 0 Å². The normalized spacial score (nSPS) is 13.0. The first kappa shape index (κ1) is 16.6. The summed E-state index contributed by atoms with van der Waals surface area (Å²) in [5.41, 5.74) is 0.156. The molecule has 0 spiro atoms. The van der Waals surface area contributed by atoms with Crippen molar-refractivity contribution in [3.8, 4) is 0 Å². The predicted octanol–water partition coefficient (Wildman–Crippen LogP) is 1.48. The number of amides is 1. The molecule has 0 heterocycles. The van der Waals surface area contributed by atoms with Crippen molar-refractivity contribution in [3.05, 3.63) is 28.2 Å². The van der Waals surface area contributed by atoms with Gasteiger partial charge >= 0.3 is 0 Å². The third-order valence-corrected chi connectivity index (χ3v) is 4.96. The van der Waals surface area contributed by atoms with Crippen molar-refractivity contribution in [2.75, 3.05) is 18.6 Å². The van der Waals surface area contributed by atoms with E-state index in [1.807, 2.05) is 0 Å². The fourth-order valence-electron chi connectivity index (χ4n) is 1.23. The summed E-state index contributed by atoms with van der Waals surface area (Å²) in [7, 11) is 0.326. The van der Waals surface area contributed by atoms with Gasteiger partial charge in [0.1, 0.15) is 0 Å². The Kier molecular flexibility index (Phi) is 5.97. The summed E-state index contributed by atoms with van der Waals surface area (Å²) in [6.45, 7) is 0.242. The van der Waals surface area contributed by atoms with Crippen LogP contribution < -0.4 is 5.32 Å². The highest BCUT2D eigenvalue weighted by Crippen LogP contribution is 2.23. The lowest BCUT2D eigenvalue weighted by molar-refractivity contribution is 0.0955. The summed E-state index contributed by atoms with van der Waals surface area (Å²) in [5.74, 6) is -0.129. The second-order valence-electron chi connectivity index (χ2n) is 3.61. The highest BCUT2D eigenvalue weighted by atomic mass is 79.9. The van der Waals surface area contributed by atoms with Crippen LogP contribution in [-0.4, -0.2) is 37.1 Å². The molecule has 0 aliphatic heterocycles. The maximum absolute atomic E-state index is 11.8. The van der Waals surface area contributed by atoms with E-state index < -0.39 is 25.8 Å². The number of nitrogens with one attached hydrogen (secondary N) is 1. The molecule has 1 amide bonds. The number of carbonyl (C=O) groups is 1. The molecule has 1 N–H and O–H groups in total. The number of rotatable bonds is 5. The molecule has 0 bridgehead atoms. The standard InChI is InChI=1S/C10H11BrClNO4S2/c1-18(15)5-4-13-10(14)8-6-7(19(12,16)17)2-3-9(8)11/h2-3,6H,4-5H2,1H3,(H,13,14). The largest absolute Gasteiger partial charge is 0.351 e. The van der Waals surface area contributed by atoms with Gasteiger partial charge in [0.15, 0.2) is 0 Å². The number of hydrogen-bond acceptors (Lipinski definition) is 4. The Hall–Kier alpha value is -0.440. The smallest absolute Gasteiger partial charge is 0.261 e. The zero-order valence-corrected chi connectivity index (χ0v) is 13.8. The van der Waals surface area contributed by atoms with Gasteiger partial charge in [0.05, 0.1) is 10.5 Å². The number of benzene rings is 1. The van der Waals surface area contributed by atoms with E-state index in [0.29, 0.717) is 10.2 Å². The molecule has 1 unspecified atom stereocenters. The van der Waals surface area contributed by atoms with Crippen LogP contribution in [0.1, 0.15) is 10.4 Å². The van der Waals surface area contributed by atoms with Crippen LogP contribution in [0.3, 0.4) is 0 Å². The molecule has 0 saturated heterocycles. The van der Waals surface area contributed by atoms with Crippen LogP contribution >= 0.6 is 26.6 Å². The van der Waals surface area contributed by atoms with E-state index >= 15 is 0 Å². The summed E-state index contributed by atoms with van der Waals surface area (Å²) in [4.78, 5) is 11.7. The van der Waals surface area contributed by atoms with Gasteiger partial charge in [0.25, 0.3) is 15.0 Å². The lowest BCUT2D eigenvalue weighted by Crippen LogP contribution is -2.27. The molecular formula is C10H11BrClNO4S2. The third kappa shape index (κ3) is 5.21. The predicted molar refractivity (Wildman–Crippen MR) is 78.4 cm³/mol. The SMILES string of the molecule is CS(=O)CCNC(=O)c1cc(S(=O)(=O)Cl)ccc1Br. The van der Waals surface area contributed by atoms with E-state index in [9.17, 15) is 17.4 Å². The van der Waals surface area contributed by atoms with E-state index in [4.69, 9.17) is 10.7 Å². The number of carbonyl (C=O) groups excluding carboxylic acids is 1. The van der Waals surface area contributed by atoms with Gasteiger partial charge in [-0.25, -0.2) is 8.42 Å². The fraction of sp³-hybridized carbons (Fsp3) is 0.300. The molecule has 19 heavy (non-hydrogen) atoms. The van der Waals surface area contributed by atoms with Crippen LogP contribution in [0.2, 0.25) is 0 Å². The first-order valence-corrected chi connectivity index (χ1v) is 9.87. The highest BCUT2D eigenvalue weighted by Gasteiger charge is 2.16. The van der Waals surface area contributed by atoms with Gasteiger partial charge in [-0.05, 0) is 34.1 Å². The number of hydrogen-bond donors (Lipinski definition) is 1. The molecule has 9 heteroatoms. The Morgan fingerprint density at radius 2 is 2.11 bits per heavy atom. The molecule has 1 rings (SSSR count). The lowest BCUT2D eigenvalue weighted by atomic mass is 10.2. The minimum absolute atomic E-state index is 0.151. The topological polar surface area (TPSA) is 80.3 Å². The van der Waals surface area contributed by atoms with Crippen molar-refractivity contribution in [3.63, 3.8) is 0 Å². The van der Waals surface area contributed by atoms with E-state index in [2.05, 4.69) is 21.2 Å². The van der Waals surface area contributed by atoms with E-state index in [0.717, 1.165) is 0 Å². The summed E-state index contributed by atoms with van der Waals surface area (Å²) in [6, 6.07) is 3.91. The van der Waals surface area contributed by atoms with Crippen LogP contribution in [0.5, 0.6) is 0 Å². The van der Waals surface area contributed by atoms with Crippen molar-refractivity contribution in [2.24, 2.45) is 0 Å². The van der Waals surface area contributed by atoms with Gasteiger partial charge in [-0.15, -0.1) is 0 Å². The molecule has 0 aliphatic carbocycles. The minimum Gasteiger partial charge on any atom is -0.351 e. The van der Waals surface area contributed by atoms with Gasteiger partial charge in [-0.3, -0.25) is 9.00 Å². The first-order valence-electron chi connectivity index (χ1n) is 5.04.